The quantitative estimate of drug-likeness (QED) is 0.815. The zero-order valence-electron chi connectivity index (χ0n) is 11.0. The van der Waals surface area contributed by atoms with Gasteiger partial charge < -0.3 is 5.32 Å². The largest absolute Gasteiger partial charge is 0.416 e. The Morgan fingerprint density at radius 1 is 1.24 bits per heavy atom. The molecule has 1 heterocycles. The fourth-order valence-electron chi connectivity index (χ4n) is 2.59. The summed E-state index contributed by atoms with van der Waals surface area (Å²) < 4.78 is 38.3. The second kappa shape index (κ2) is 5.63. The number of benzene rings is 1. The molecule has 0 saturated carbocycles. The summed E-state index contributed by atoms with van der Waals surface area (Å²) >= 11 is 7.61. The third-order valence-corrected chi connectivity index (χ3v) is 5.02. The molecule has 1 nitrogen and oxygen atoms in total. The maximum absolute atomic E-state index is 12.5. The summed E-state index contributed by atoms with van der Waals surface area (Å²) in [7, 11) is 0. The van der Waals surface area contributed by atoms with Crippen LogP contribution in [0.1, 0.15) is 34.0 Å². The van der Waals surface area contributed by atoms with Crippen LogP contribution in [0.25, 0.3) is 0 Å². The van der Waals surface area contributed by atoms with Crippen LogP contribution in [0, 0.1) is 0 Å². The van der Waals surface area contributed by atoms with Gasteiger partial charge in [-0.15, -0.1) is 11.3 Å². The molecule has 1 N–H and O–H groups in total. The van der Waals surface area contributed by atoms with E-state index in [1.807, 2.05) is 6.07 Å². The third kappa shape index (κ3) is 3.25. The van der Waals surface area contributed by atoms with E-state index in [0.29, 0.717) is 6.54 Å². The van der Waals surface area contributed by atoms with Gasteiger partial charge in [0.05, 0.1) is 9.90 Å². The highest BCUT2D eigenvalue weighted by molar-refractivity contribution is 7.16. The van der Waals surface area contributed by atoms with Crippen LogP contribution in [0.5, 0.6) is 0 Å². The van der Waals surface area contributed by atoms with Crippen LogP contribution in [0.15, 0.2) is 30.3 Å². The van der Waals surface area contributed by atoms with Crippen LogP contribution in [0.4, 0.5) is 13.2 Å². The maximum Gasteiger partial charge on any atom is 0.416 e. The summed E-state index contributed by atoms with van der Waals surface area (Å²) in [6, 6.07) is 7.51. The predicted molar refractivity (Wildman–Crippen MR) is 78.7 cm³/mol. The lowest BCUT2D eigenvalue weighted by molar-refractivity contribution is -0.137. The molecule has 1 unspecified atom stereocenters. The Hall–Kier alpha value is -1.04. The minimum Gasteiger partial charge on any atom is -0.306 e. The molecule has 1 aromatic carbocycles. The highest BCUT2D eigenvalue weighted by atomic mass is 35.5. The standard InChI is InChI=1S/C15H13ClF3NS/c16-14-7-11-12(5-6-13(11)21-14)20-8-9-1-3-10(4-2-9)15(17,18)19/h1-4,7,12,20H,5-6,8H2. The number of hydrogen-bond acceptors (Lipinski definition) is 2. The van der Waals surface area contributed by atoms with Crippen molar-refractivity contribution in [2.24, 2.45) is 0 Å². The number of hydrogen-bond donors (Lipinski definition) is 1. The molecule has 1 aromatic heterocycles. The third-order valence-electron chi connectivity index (χ3n) is 3.68. The van der Waals surface area contributed by atoms with Gasteiger partial charge in [0.25, 0.3) is 0 Å². The van der Waals surface area contributed by atoms with Crippen LogP contribution in [-0.4, -0.2) is 0 Å². The number of alkyl halides is 3. The molecule has 2 aromatic rings. The van der Waals surface area contributed by atoms with Gasteiger partial charge in [-0.1, -0.05) is 23.7 Å². The SMILES string of the molecule is FC(F)(F)c1ccc(CNC2CCc3sc(Cl)cc32)cc1. The zero-order valence-corrected chi connectivity index (χ0v) is 12.6. The Morgan fingerprint density at radius 3 is 2.62 bits per heavy atom. The van der Waals surface area contributed by atoms with Crippen molar-refractivity contribution in [2.75, 3.05) is 0 Å². The van der Waals surface area contributed by atoms with Crippen molar-refractivity contribution in [3.63, 3.8) is 0 Å². The second-order valence-electron chi connectivity index (χ2n) is 5.10. The summed E-state index contributed by atoms with van der Waals surface area (Å²) in [4.78, 5) is 1.31. The lowest BCUT2D eigenvalue weighted by atomic mass is 10.1. The van der Waals surface area contributed by atoms with Gasteiger partial charge in [-0.3, -0.25) is 0 Å². The van der Waals surface area contributed by atoms with Gasteiger partial charge in [-0.2, -0.15) is 13.2 Å². The minimum atomic E-state index is -4.28. The Balaban J connectivity index is 1.63. The molecule has 0 amide bonds. The lowest BCUT2D eigenvalue weighted by Crippen LogP contribution is -2.18. The summed E-state index contributed by atoms with van der Waals surface area (Å²) in [6.07, 6.45) is -2.25. The fraction of sp³-hybridized carbons (Fsp3) is 0.333. The first-order valence-electron chi connectivity index (χ1n) is 6.61. The fourth-order valence-corrected chi connectivity index (χ4v) is 3.95. The highest BCUT2D eigenvalue weighted by Crippen LogP contribution is 2.39. The van der Waals surface area contributed by atoms with Crippen molar-refractivity contribution in [3.8, 4) is 0 Å². The number of rotatable bonds is 3. The van der Waals surface area contributed by atoms with Crippen molar-refractivity contribution < 1.29 is 13.2 Å². The van der Waals surface area contributed by atoms with E-state index in [0.717, 1.165) is 34.9 Å². The predicted octanol–water partition coefficient (Wildman–Crippen LogP) is 5.20. The molecule has 1 atom stereocenters. The highest BCUT2D eigenvalue weighted by Gasteiger charge is 2.30. The van der Waals surface area contributed by atoms with Gasteiger partial charge in [-0.25, -0.2) is 0 Å². The average molecular weight is 332 g/mol. The van der Waals surface area contributed by atoms with Crippen LogP contribution in [0.2, 0.25) is 4.34 Å². The Labute approximate surface area is 129 Å². The molecule has 0 radical (unpaired) electrons. The van der Waals surface area contributed by atoms with E-state index in [1.165, 1.54) is 22.6 Å². The van der Waals surface area contributed by atoms with Crippen LogP contribution < -0.4 is 5.32 Å². The zero-order chi connectivity index (χ0) is 15.0. The summed E-state index contributed by atoms with van der Waals surface area (Å²) in [5, 5.41) is 3.39. The van der Waals surface area contributed by atoms with Crippen LogP contribution >= 0.6 is 22.9 Å². The van der Waals surface area contributed by atoms with Gasteiger partial charge in [-0.05, 0) is 42.2 Å². The number of thiophene rings is 1. The molecule has 1 aliphatic carbocycles. The molecule has 0 aliphatic heterocycles. The monoisotopic (exact) mass is 331 g/mol. The van der Waals surface area contributed by atoms with Crippen molar-refractivity contribution in [1.82, 2.24) is 5.32 Å². The number of halogens is 4. The van der Waals surface area contributed by atoms with E-state index in [1.54, 1.807) is 11.3 Å². The molecule has 0 fully saturated rings. The maximum atomic E-state index is 12.5. The Bertz CT molecular complexity index is 633. The van der Waals surface area contributed by atoms with Gasteiger partial charge in [0.15, 0.2) is 0 Å². The van der Waals surface area contributed by atoms with Crippen molar-refractivity contribution >= 4 is 22.9 Å². The number of nitrogens with one attached hydrogen (secondary N) is 1. The molecule has 0 bridgehead atoms. The van der Waals surface area contributed by atoms with E-state index < -0.39 is 11.7 Å². The number of aryl methyl sites for hydroxylation is 1. The van der Waals surface area contributed by atoms with Gasteiger partial charge in [0.1, 0.15) is 0 Å². The van der Waals surface area contributed by atoms with Gasteiger partial charge in [0.2, 0.25) is 0 Å². The molecule has 0 spiro atoms. The van der Waals surface area contributed by atoms with E-state index >= 15 is 0 Å². The molecule has 6 heteroatoms. The van der Waals surface area contributed by atoms with Gasteiger partial charge >= 0.3 is 6.18 Å². The summed E-state index contributed by atoms with van der Waals surface area (Å²) in [6.45, 7) is 0.551. The lowest BCUT2D eigenvalue weighted by Gasteiger charge is -2.13. The summed E-state index contributed by atoms with van der Waals surface area (Å²) in [5.74, 6) is 0. The average Bonchev–Trinajstić information content (AvgIpc) is 2.95. The smallest absolute Gasteiger partial charge is 0.306 e. The second-order valence-corrected chi connectivity index (χ2v) is 6.86. The van der Waals surface area contributed by atoms with E-state index in [4.69, 9.17) is 11.6 Å². The topological polar surface area (TPSA) is 12.0 Å². The Kier molecular flexibility index (Phi) is 3.99. The van der Waals surface area contributed by atoms with E-state index in [2.05, 4.69) is 5.32 Å². The summed E-state index contributed by atoms with van der Waals surface area (Å²) in [5.41, 5.74) is 1.47. The van der Waals surface area contributed by atoms with E-state index in [9.17, 15) is 13.2 Å². The van der Waals surface area contributed by atoms with Crippen molar-refractivity contribution in [1.29, 1.82) is 0 Å². The molecular weight excluding hydrogens is 319 g/mol. The van der Waals surface area contributed by atoms with Crippen molar-refractivity contribution in [3.05, 3.63) is 56.2 Å². The van der Waals surface area contributed by atoms with Crippen LogP contribution in [-0.2, 0) is 19.1 Å². The van der Waals surface area contributed by atoms with Crippen molar-refractivity contribution in [2.45, 2.75) is 31.6 Å². The van der Waals surface area contributed by atoms with Gasteiger partial charge in [0, 0.05) is 17.5 Å². The molecular formula is C15H13ClF3NS. The normalized spacial score (nSPS) is 18.0. The Morgan fingerprint density at radius 2 is 1.95 bits per heavy atom. The first-order chi connectivity index (χ1) is 9.93. The molecule has 3 rings (SSSR count). The first-order valence-corrected chi connectivity index (χ1v) is 7.80. The molecule has 0 saturated heterocycles. The molecule has 1 aliphatic rings. The van der Waals surface area contributed by atoms with E-state index in [-0.39, 0.29) is 6.04 Å². The minimum absolute atomic E-state index is 0.242. The molecule has 21 heavy (non-hydrogen) atoms. The molecule has 112 valence electrons. The van der Waals surface area contributed by atoms with Crippen LogP contribution in [0.3, 0.4) is 0 Å². The number of fused-ring (bicyclic) bond motifs is 1. The first kappa shape index (κ1) is 14.9.